The van der Waals surface area contributed by atoms with Gasteiger partial charge in [0.05, 0.1) is 12.0 Å². The molecule has 2 amide bonds. The number of hydrogen-bond acceptors (Lipinski definition) is 4. The van der Waals surface area contributed by atoms with Crippen LogP contribution in [0.4, 0.5) is 4.79 Å². The van der Waals surface area contributed by atoms with Crippen LogP contribution in [-0.4, -0.2) is 28.1 Å². The van der Waals surface area contributed by atoms with E-state index in [0.29, 0.717) is 6.42 Å². The normalized spacial score (nSPS) is 25.3. The van der Waals surface area contributed by atoms with Gasteiger partial charge in [-0.2, -0.15) is 0 Å². The molecule has 0 aromatic heterocycles. The fourth-order valence-electron chi connectivity index (χ4n) is 2.45. The average molecular weight is 319 g/mol. The summed E-state index contributed by atoms with van der Waals surface area (Å²) in [5.41, 5.74) is -0.508. The van der Waals surface area contributed by atoms with Crippen molar-refractivity contribution in [2.24, 2.45) is 0 Å². The molecule has 1 aliphatic rings. The largest absolute Gasteiger partial charge is 0.443 e. The number of amides is 2. The van der Waals surface area contributed by atoms with Gasteiger partial charge in [0, 0.05) is 5.56 Å². The van der Waals surface area contributed by atoms with Crippen LogP contribution in [0.25, 0.3) is 0 Å². The summed E-state index contributed by atoms with van der Waals surface area (Å²) >= 11 is 0. The van der Waals surface area contributed by atoms with Crippen LogP contribution in [-0.2, 0) is 14.3 Å². The lowest BCUT2D eigenvalue weighted by Gasteiger charge is -2.43. The van der Waals surface area contributed by atoms with Crippen molar-refractivity contribution in [1.82, 2.24) is 4.90 Å². The van der Waals surface area contributed by atoms with Gasteiger partial charge in [0.2, 0.25) is 5.91 Å². The summed E-state index contributed by atoms with van der Waals surface area (Å²) < 4.78 is 11.5. The zero-order valence-electron chi connectivity index (χ0n) is 14.5. The second-order valence-electron chi connectivity index (χ2n) is 7.11. The van der Waals surface area contributed by atoms with Gasteiger partial charge in [-0.15, -0.1) is 0 Å². The van der Waals surface area contributed by atoms with Gasteiger partial charge in [-0.1, -0.05) is 37.3 Å². The molecule has 23 heavy (non-hydrogen) atoms. The first-order valence-electron chi connectivity index (χ1n) is 7.93. The monoisotopic (exact) mass is 319 g/mol. The van der Waals surface area contributed by atoms with Gasteiger partial charge in [0.1, 0.15) is 5.60 Å². The van der Waals surface area contributed by atoms with E-state index in [-0.39, 0.29) is 12.3 Å². The van der Waals surface area contributed by atoms with Crippen molar-refractivity contribution in [2.45, 2.75) is 64.9 Å². The number of imide groups is 1. The Balaban J connectivity index is 2.37. The van der Waals surface area contributed by atoms with Gasteiger partial charge in [0.15, 0.2) is 6.23 Å². The maximum atomic E-state index is 12.6. The van der Waals surface area contributed by atoms with Crippen molar-refractivity contribution < 1.29 is 19.1 Å². The minimum Gasteiger partial charge on any atom is -0.443 e. The molecule has 2 rings (SSSR count). The van der Waals surface area contributed by atoms with Crippen LogP contribution in [0.2, 0.25) is 0 Å². The minimum absolute atomic E-state index is 0.159. The molecule has 0 radical (unpaired) electrons. The quantitative estimate of drug-likeness (QED) is 0.825. The van der Waals surface area contributed by atoms with Gasteiger partial charge in [-0.25, -0.2) is 9.69 Å². The van der Waals surface area contributed by atoms with Crippen molar-refractivity contribution in [3.05, 3.63) is 35.9 Å². The van der Waals surface area contributed by atoms with Crippen molar-refractivity contribution in [1.29, 1.82) is 0 Å². The summed E-state index contributed by atoms with van der Waals surface area (Å²) in [6.07, 6.45) is -0.595. The third-order valence-corrected chi connectivity index (χ3v) is 3.85. The van der Waals surface area contributed by atoms with Crippen LogP contribution >= 0.6 is 0 Å². The number of benzene rings is 1. The third-order valence-electron chi connectivity index (χ3n) is 3.85. The van der Waals surface area contributed by atoms with Crippen LogP contribution in [0.15, 0.2) is 30.3 Å². The molecule has 0 N–H and O–H groups in total. The highest BCUT2D eigenvalue weighted by molar-refractivity contribution is 5.93. The fraction of sp³-hybridized carbons (Fsp3) is 0.556. The van der Waals surface area contributed by atoms with E-state index in [1.807, 2.05) is 44.2 Å². The molecule has 1 aromatic carbocycles. The summed E-state index contributed by atoms with van der Waals surface area (Å²) in [7, 11) is 0. The van der Waals surface area contributed by atoms with E-state index in [2.05, 4.69) is 0 Å². The number of hydrogen-bond donors (Lipinski definition) is 0. The Morgan fingerprint density at radius 1 is 1.35 bits per heavy atom. The smallest absolute Gasteiger partial charge is 0.419 e. The van der Waals surface area contributed by atoms with Crippen molar-refractivity contribution >= 4 is 12.0 Å². The minimum atomic E-state index is -0.766. The van der Waals surface area contributed by atoms with E-state index in [4.69, 9.17) is 9.47 Å². The number of nitrogens with zero attached hydrogens (tertiary/aromatic N) is 1. The third kappa shape index (κ3) is 4.10. The first-order chi connectivity index (χ1) is 10.7. The number of carbonyl (C=O) groups is 2. The second-order valence-corrected chi connectivity index (χ2v) is 7.11. The first kappa shape index (κ1) is 17.5. The highest BCUT2D eigenvalue weighted by Gasteiger charge is 2.45. The Kier molecular flexibility index (Phi) is 4.80. The van der Waals surface area contributed by atoms with E-state index in [1.165, 1.54) is 0 Å². The summed E-state index contributed by atoms with van der Waals surface area (Å²) in [4.78, 5) is 26.2. The number of rotatable bonds is 2. The van der Waals surface area contributed by atoms with E-state index in [1.54, 1.807) is 20.8 Å². The van der Waals surface area contributed by atoms with Crippen LogP contribution in [0, 0.1) is 0 Å². The first-order valence-corrected chi connectivity index (χ1v) is 7.93. The molecule has 1 fully saturated rings. The Hall–Kier alpha value is -1.88. The van der Waals surface area contributed by atoms with E-state index < -0.39 is 23.5 Å². The zero-order chi connectivity index (χ0) is 17.3. The Morgan fingerprint density at radius 2 is 1.96 bits per heavy atom. The van der Waals surface area contributed by atoms with Gasteiger partial charge in [-0.05, 0) is 34.1 Å². The summed E-state index contributed by atoms with van der Waals surface area (Å²) in [6, 6.07) is 9.28. The second kappa shape index (κ2) is 6.32. The fourth-order valence-corrected chi connectivity index (χ4v) is 2.45. The molecule has 5 heteroatoms. The molecule has 1 aliphatic heterocycles. The molecule has 0 saturated carbocycles. The molecule has 0 aliphatic carbocycles. The molecule has 1 aromatic rings. The molecule has 1 unspecified atom stereocenters. The van der Waals surface area contributed by atoms with E-state index in [0.717, 1.165) is 10.5 Å². The topological polar surface area (TPSA) is 55.8 Å². The van der Waals surface area contributed by atoms with Crippen LogP contribution in [0.1, 0.15) is 59.3 Å². The van der Waals surface area contributed by atoms with Crippen molar-refractivity contribution in [3.63, 3.8) is 0 Å². The standard InChI is InChI=1S/C18H25NO4/c1-6-18(5)12-14(20)19(16(21)23-17(2,3)4)15(22-18)13-10-8-7-9-11-13/h7-11,15H,6,12H2,1-5H3/t15-,18?/m0/s1. The summed E-state index contributed by atoms with van der Waals surface area (Å²) in [6.45, 7) is 9.18. The maximum absolute atomic E-state index is 12.6. The Morgan fingerprint density at radius 3 is 2.48 bits per heavy atom. The zero-order valence-corrected chi connectivity index (χ0v) is 14.5. The van der Waals surface area contributed by atoms with Crippen molar-refractivity contribution in [2.75, 3.05) is 0 Å². The Labute approximate surface area is 137 Å². The highest BCUT2D eigenvalue weighted by Crippen LogP contribution is 2.38. The lowest BCUT2D eigenvalue weighted by Crippen LogP contribution is -2.53. The molecule has 5 nitrogen and oxygen atoms in total. The molecular formula is C18H25NO4. The number of ether oxygens (including phenoxy) is 2. The van der Waals surface area contributed by atoms with Gasteiger partial charge in [0.25, 0.3) is 0 Å². The average Bonchev–Trinajstić information content (AvgIpc) is 2.45. The maximum Gasteiger partial charge on any atom is 0.419 e. The lowest BCUT2D eigenvalue weighted by molar-refractivity contribution is -0.196. The molecule has 126 valence electrons. The summed E-state index contributed by atoms with van der Waals surface area (Å²) in [5.74, 6) is -0.274. The van der Waals surface area contributed by atoms with E-state index in [9.17, 15) is 9.59 Å². The van der Waals surface area contributed by atoms with Gasteiger partial charge < -0.3 is 9.47 Å². The van der Waals surface area contributed by atoms with E-state index >= 15 is 0 Å². The predicted molar refractivity (Wildman–Crippen MR) is 86.7 cm³/mol. The van der Waals surface area contributed by atoms with Crippen LogP contribution in [0.5, 0.6) is 0 Å². The number of carbonyl (C=O) groups excluding carboxylic acids is 2. The highest BCUT2D eigenvalue weighted by atomic mass is 16.6. The SMILES string of the molecule is CCC1(C)CC(=O)N(C(=O)OC(C)(C)C)[C@H](c2ccccc2)O1. The molecule has 2 atom stereocenters. The van der Waals surface area contributed by atoms with Crippen LogP contribution < -0.4 is 0 Å². The molecule has 0 bridgehead atoms. The van der Waals surface area contributed by atoms with Gasteiger partial charge >= 0.3 is 6.09 Å². The lowest BCUT2D eigenvalue weighted by atomic mass is 9.95. The molecule has 1 saturated heterocycles. The summed E-state index contributed by atoms with van der Waals surface area (Å²) in [5, 5.41) is 0. The van der Waals surface area contributed by atoms with Gasteiger partial charge in [-0.3, -0.25) is 4.79 Å². The molecular weight excluding hydrogens is 294 g/mol. The van der Waals surface area contributed by atoms with Crippen molar-refractivity contribution in [3.8, 4) is 0 Å². The molecule has 0 spiro atoms. The van der Waals surface area contributed by atoms with Crippen LogP contribution in [0.3, 0.4) is 0 Å². The Bertz CT molecular complexity index is 578. The molecule has 1 heterocycles. The predicted octanol–water partition coefficient (Wildman–Crippen LogP) is 4.04.